The summed E-state index contributed by atoms with van der Waals surface area (Å²) in [6.07, 6.45) is 1.74. The zero-order chi connectivity index (χ0) is 18.3. The van der Waals surface area contributed by atoms with E-state index < -0.39 is 5.41 Å². The Balaban J connectivity index is 1.81. The van der Waals surface area contributed by atoms with E-state index in [1.54, 1.807) is 13.8 Å². The largest absolute Gasteiger partial charge is 0.355 e. The van der Waals surface area contributed by atoms with Gasteiger partial charge >= 0.3 is 0 Å². The normalized spacial score (nSPS) is 11.0. The molecule has 0 saturated heterocycles. The van der Waals surface area contributed by atoms with Crippen LogP contribution in [0.5, 0.6) is 0 Å². The second-order valence-electron chi connectivity index (χ2n) is 6.79. The molecule has 25 heavy (non-hydrogen) atoms. The predicted molar refractivity (Wildman–Crippen MR) is 101 cm³/mol. The molecule has 4 nitrogen and oxygen atoms in total. The maximum Gasteiger partial charge on any atom is 0.239 e. The lowest BCUT2D eigenvalue weighted by molar-refractivity contribution is -0.138. The van der Waals surface area contributed by atoms with Gasteiger partial charge in [0.2, 0.25) is 11.8 Å². The molecule has 0 aliphatic rings. The summed E-state index contributed by atoms with van der Waals surface area (Å²) in [7, 11) is 0. The molecule has 132 valence electrons. The highest BCUT2D eigenvalue weighted by molar-refractivity contribution is 6.09. The number of anilines is 1. The monoisotopic (exact) mass is 338 g/mol. The number of hydrogen-bond donors (Lipinski definition) is 2. The van der Waals surface area contributed by atoms with Gasteiger partial charge in [0.25, 0.3) is 0 Å². The molecular formula is C21H26N2O2. The van der Waals surface area contributed by atoms with Crippen LogP contribution in [0.15, 0.2) is 54.6 Å². The second kappa shape index (κ2) is 8.47. The summed E-state index contributed by atoms with van der Waals surface area (Å²) in [6.45, 7) is 5.82. The fourth-order valence-corrected chi connectivity index (χ4v) is 2.39. The van der Waals surface area contributed by atoms with E-state index >= 15 is 0 Å². The first-order chi connectivity index (χ1) is 11.9. The highest BCUT2D eigenvalue weighted by Gasteiger charge is 2.35. The summed E-state index contributed by atoms with van der Waals surface area (Å²) in [4.78, 5) is 24.8. The number of carbonyl (C=O) groups is 2. The standard InChI is InChI=1S/C21H26N2O2/c1-16-11-13-18(14-12-16)23-20(25)21(2,3)19(24)22-15-7-10-17-8-5-4-6-9-17/h4-6,8-9,11-14H,7,10,15H2,1-3H3,(H,22,24)(H,23,25). The van der Waals surface area contributed by atoms with E-state index in [2.05, 4.69) is 22.8 Å². The third-order valence-corrected chi connectivity index (χ3v) is 4.22. The molecule has 0 aromatic heterocycles. The second-order valence-corrected chi connectivity index (χ2v) is 6.79. The summed E-state index contributed by atoms with van der Waals surface area (Å²) in [6, 6.07) is 17.7. The molecule has 2 N–H and O–H groups in total. The molecule has 0 saturated carbocycles. The number of rotatable bonds is 7. The lowest BCUT2D eigenvalue weighted by Gasteiger charge is -2.22. The topological polar surface area (TPSA) is 58.2 Å². The van der Waals surface area contributed by atoms with E-state index in [4.69, 9.17) is 0 Å². The van der Waals surface area contributed by atoms with Gasteiger partial charge in [0.1, 0.15) is 5.41 Å². The number of aryl methyl sites for hydroxylation is 2. The molecule has 0 atom stereocenters. The molecule has 0 unspecified atom stereocenters. The van der Waals surface area contributed by atoms with Gasteiger partial charge in [0, 0.05) is 12.2 Å². The van der Waals surface area contributed by atoms with Gasteiger partial charge in [0.05, 0.1) is 0 Å². The first kappa shape index (κ1) is 18.7. The Hall–Kier alpha value is -2.62. The molecule has 2 aromatic rings. The van der Waals surface area contributed by atoms with Crippen LogP contribution in [0.25, 0.3) is 0 Å². The van der Waals surface area contributed by atoms with Crippen LogP contribution < -0.4 is 10.6 Å². The van der Waals surface area contributed by atoms with Crippen molar-refractivity contribution in [1.29, 1.82) is 0 Å². The summed E-state index contributed by atoms with van der Waals surface area (Å²) in [5, 5.41) is 5.68. The molecule has 2 amide bonds. The van der Waals surface area contributed by atoms with Crippen molar-refractivity contribution in [3.63, 3.8) is 0 Å². The molecule has 4 heteroatoms. The van der Waals surface area contributed by atoms with Crippen molar-refractivity contribution < 1.29 is 9.59 Å². The van der Waals surface area contributed by atoms with E-state index in [1.165, 1.54) is 5.56 Å². The molecule has 2 aromatic carbocycles. The van der Waals surface area contributed by atoms with Gasteiger partial charge in [-0.05, 0) is 51.3 Å². The highest BCUT2D eigenvalue weighted by atomic mass is 16.2. The number of benzene rings is 2. The van der Waals surface area contributed by atoms with Gasteiger partial charge in [-0.25, -0.2) is 0 Å². The van der Waals surface area contributed by atoms with Crippen LogP contribution in [0.2, 0.25) is 0 Å². The van der Waals surface area contributed by atoms with Crippen molar-refractivity contribution >= 4 is 17.5 Å². The Morgan fingerprint density at radius 2 is 1.56 bits per heavy atom. The molecule has 0 aliphatic heterocycles. The van der Waals surface area contributed by atoms with E-state index in [0.717, 1.165) is 18.4 Å². The molecule has 0 radical (unpaired) electrons. The van der Waals surface area contributed by atoms with E-state index in [0.29, 0.717) is 12.2 Å². The minimum atomic E-state index is -1.13. The summed E-state index contributed by atoms with van der Waals surface area (Å²) < 4.78 is 0. The minimum Gasteiger partial charge on any atom is -0.355 e. The van der Waals surface area contributed by atoms with Crippen LogP contribution in [-0.2, 0) is 16.0 Å². The zero-order valence-electron chi connectivity index (χ0n) is 15.1. The molecule has 0 heterocycles. The van der Waals surface area contributed by atoms with Gasteiger partial charge in [-0.3, -0.25) is 9.59 Å². The fraction of sp³-hybridized carbons (Fsp3) is 0.333. The first-order valence-electron chi connectivity index (χ1n) is 8.60. The Morgan fingerprint density at radius 3 is 2.20 bits per heavy atom. The van der Waals surface area contributed by atoms with Crippen molar-refractivity contribution in [3.05, 3.63) is 65.7 Å². The van der Waals surface area contributed by atoms with Crippen LogP contribution in [0.3, 0.4) is 0 Å². The Labute approximate surface area is 149 Å². The molecule has 2 rings (SSSR count). The van der Waals surface area contributed by atoms with Crippen LogP contribution >= 0.6 is 0 Å². The number of carbonyl (C=O) groups excluding carboxylic acids is 2. The molecular weight excluding hydrogens is 312 g/mol. The van der Waals surface area contributed by atoms with Gasteiger partial charge in [0.15, 0.2) is 0 Å². The average molecular weight is 338 g/mol. The SMILES string of the molecule is Cc1ccc(NC(=O)C(C)(C)C(=O)NCCCc2ccccc2)cc1. The maximum absolute atomic E-state index is 12.4. The van der Waals surface area contributed by atoms with Gasteiger partial charge < -0.3 is 10.6 Å². The lowest BCUT2D eigenvalue weighted by Crippen LogP contribution is -2.45. The molecule has 0 aliphatic carbocycles. The van der Waals surface area contributed by atoms with Gasteiger partial charge in [-0.15, -0.1) is 0 Å². The third kappa shape index (κ3) is 5.45. The summed E-state index contributed by atoms with van der Waals surface area (Å²) in [5.41, 5.74) is 1.93. The smallest absolute Gasteiger partial charge is 0.239 e. The van der Waals surface area contributed by atoms with Crippen molar-refractivity contribution in [1.82, 2.24) is 5.32 Å². The van der Waals surface area contributed by atoms with Crippen LogP contribution in [0.4, 0.5) is 5.69 Å². The number of amides is 2. The fourth-order valence-electron chi connectivity index (χ4n) is 2.39. The Kier molecular flexibility index (Phi) is 6.34. The average Bonchev–Trinajstić information content (AvgIpc) is 2.61. The van der Waals surface area contributed by atoms with Crippen molar-refractivity contribution in [2.45, 2.75) is 33.6 Å². The lowest BCUT2D eigenvalue weighted by atomic mass is 9.91. The third-order valence-electron chi connectivity index (χ3n) is 4.22. The Bertz CT molecular complexity index is 706. The van der Waals surface area contributed by atoms with Crippen LogP contribution in [0.1, 0.15) is 31.4 Å². The van der Waals surface area contributed by atoms with E-state index in [-0.39, 0.29) is 11.8 Å². The first-order valence-corrected chi connectivity index (χ1v) is 8.60. The molecule has 0 fully saturated rings. The Morgan fingerprint density at radius 1 is 0.920 bits per heavy atom. The van der Waals surface area contributed by atoms with Gasteiger partial charge in [-0.2, -0.15) is 0 Å². The van der Waals surface area contributed by atoms with Crippen molar-refractivity contribution in [2.24, 2.45) is 5.41 Å². The van der Waals surface area contributed by atoms with Crippen LogP contribution in [0, 0.1) is 12.3 Å². The van der Waals surface area contributed by atoms with E-state index in [9.17, 15) is 9.59 Å². The van der Waals surface area contributed by atoms with Crippen molar-refractivity contribution in [3.8, 4) is 0 Å². The quantitative estimate of drug-likeness (QED) is 0.597. The highest BCUT2D eigenvalue weighted by Crippen LogP contribution is 2.19. The van der Waals surface area contributed by atoms with Crippen molar-refractivity contribution in [2.75, 3.05) is 11.9 Å². The maximum atomic E-state index is 12.4. The zero-order valence-corrected chi connectivity index (χ0v) is 15.1. The predicted octanol–water partition coefficient (Wildman–Crippen LogP) is 3.71. The summed E-state index contributed by atoms with van der Waals surface area (Å²) in [5.74, 6) is -0.568. The number of nitrogens with one attached hydrogen (secondary N) is 2. The minimum absolute atomic E-state index is 0.259. The van der Waals surface area contributed by atoms with E-state index in [1.807, 2.05) is 49.4 Å². The number of hydrogen-bond acceptors (Lipinski definition) is 2. The van der Waals surface area contributed by atoms with Gasteiger partial charge in [-0.1, -0.05) is 48.0 Å². The molecule has 0 spiro atoms. The summed E-state index contributed by atoms with van der Waals surface area (Å²) >= 11 is 0. The van der Waals surface area contributed by atoms with Crippen LogP contribution in [-0.4, -0.2) is 18.4 Å². The molecule has 0 bridgehead atoms.